The van der Waals surface area contributed by atoms with E-state index in [0.29, 0.717) is 0 Å². The SMILES string of the molecule is CC(=O)Cl.CC(=O)Nc1ccc(C2CCCCC2)cc1.CC(=O)Nc1ccc(C2CCCCC2)cc1I.Nc1ccc(C2CCCCC2)cc1. The molecule has 3 saturated carbocycles. The highest BCUT2D eigenvalue weighted by atomic mass is 127. The quantitative estimate of drug-likeness (QED) is 0.136. The van der Waals surface area contributed by atoms with Crippen LogP contribution in [0.15, 0.2) is 66.7 Å². The van der Waals surface area contributed by atoms with Crippen molar-refractivity contribution < 1.29 is 14.4 Å². The van der Waals surface area contributed by atoms with Gasteiger partial charge in [-0.05, 0) is 144 Å². The molecular weight excluding hydrogens is 757 g/mol. The fourth-order valence-corrected chi connectivity index (χ4v) is 7.87. The Hall–Kier alpha value is -2.91. The zero-order valence-corrected chi connectivity index (χ0v) is 33.2. The minimum atomic E-state index is -0.361. The summed E-state index contributed by atoms with van der Waals surface area (Å²) in [5, 5.41) is 5.29. The lowest BCUT2D eigenvalue weighted by molar-refractivity contribution is -0.115. The normalized spacial score (nSPS) is 16.6. The van der Waals surface area contributed by atoms with Crippen molar-refractivity contribution in [1.29, 1.82) is 0 Å². The molecule has 2 amide bonds. The molecule has 3 aromatic carbocycles. The molecule has 0 saturated heterocycles. The van der Waals surface area contributed by atoms with Gasteiger partial charge in [-0.15, -0.1) is 0 Å². The Morgan fingerprint density at radius 3 is 1.32 bits per heavy atom. The monoisotopic (exact) mass is 813 g/mol. The van der Waals surface area contributed by atoms with Gasteiger partial charge in [0, 0.05) is 35.7 Å². The van der Waals surface area contributed by atoms with Crippen LogP contribution in [0.1, 0.15) is 152 Å². The average Bonchev–Trinajstić information content (AvgIpc) is 3.11. The maximum atomic E-state index is 11.0. The van der Waals surface area contributed by atoms with Gasteiger partial charge >= 0.3 is 0 Å². The maximum absolute atomic E-state index is 11.0. The number of amides is 2. The van der Waals surface area contributed by atoms with E-state index >= 15 is 0 Å². The molecule has 3 aromatic rings. The highest BCUT2D eigenvalue weighted by Gasteiger charge is 2.17. The number of nitrogens with two attached hydrogens (primary N) is 1. The molecule has 0 radical (unpaired) electrons. The predicted octanol–water partition coefficient (Wildman–Crippen LogP) is 12.1. The molecule has 0 atom stereocenters. The Kier molecular flexibility index (Phi) is 18.9. The summed E-state index contributed by atoms with van der Waals surface area (Å²) >= 11 is 6.94. The molecule has 3 aliphatic rings. The van der Waals surface area contributed by atoms with Crippen molar-refractivity contribution in [1.82, 2.24) is 0 Å². The van der Waals surface area contributed by atoms with E-state index in [1.54, 1.807) is 6.92 Å². The summed E-state index contributed by atoms with van der Waals surface area (Å²) in [7, 11) is 0. The molecule has 0 aliphatic heterocycles. The zero-order chi connectivity index (χ0) is 36.3. The molecule has 3 fully saturated rings. The second-order valence-electron chi connectivity index (χ2n) is 13.9. The number of benzene rings is 3. The molecule has 0 spiro atoms. The Balaban J connectivity index is 0.000000194. The number of rotatable bonds is 5. The van der Waals surface area contributed by atoms with E-state index in [-0.39, 0.29) is 17.1 Å². The number of carbonyl (C=O) groups is 3. The van der Waals surface area contributed by atoms with E-state index in [4.69, 9.17) is 5.73 Å². The molecule has 0 heterocycles. The molecular formula is C42H57ClIN3O3. The Labute approximate surface area is 319 Å². The van der Waals surface area contributed by atoms with E-state index in [9.17, 15) is 14.4 Å². The van der Waals surface area contributed by atoms with Gasteiger partial charge in [-0.2, -0.15) is 0 Å². The minimum Gasteiger partial charge on any atom is -0.399 e. The zero-order valence-electron chi connectivity index (χ0n) is 30.2. The van der Waals surface area contributed by atoms with Crippen molar-refractivity contribution in [3.63, 3.8) is 0 Å². The van der Waals surface area contributed by atoms with Crippen molar-refractivity contribution in [2.75, 3.05) is 16.4 Å². The van der Waals surface area contributed by atoms with E-state index in [1.807, 2.05) is 30.3 Å². The van der Waals surface area contributed by atoms with E-state index in [1.165, 1.54) is 127 Å². The van der Waals surface area contributed by atoms with Crippen LogP contribution in [0.5, 0.6) is 0 Å². The number of nitrogens with one attached hydrogen (secondary N) is 2. The largest absolute Gasteiger partial charge is 0.399 e. The van der Waals surface area contributed by atoms with E-state index in [2.05, 4.69) is 81.2 Å². The van der Waals surface area contributed by atoms with Crippen LogP contribution in [0.4, 0.5) is 17.1 Å². The second kappa shape index (κ2) is 22.8. The van der Waals surface area contributed by atoms with Crippen molar-refractivity contribution in [2.24, 2.45) is 0 Å². The number of hydrogen-bond acceptors (Lipinski definition) is 4. The molecule has 0 bridgehead atoms. The molecule has 6 rings (SSSR count). The van der Waals surface area contributed by atoms with Crippen LogP contribution in [-0.2, 0) is 14.4 Å². The molecule has 6 nitrogen and oxygen atoms in total. The third-order valence-electron chi connectivity index (χ3n) is 9.70. The number of anilines is 3. The first kappa shape index (κ1) is 41.5. The van der Waals surface area contributed by atoms with Gasteiger partial charge in [0.25, 0.3) is 0 Å². The van der Waals surface area contributed by atoms with Crippen LogP contribution in [0.3, 0.4) is 0 Å². The van der Waals surface area contributed by atoms with Gasteiger partial charge < -0.3 is 16.4 Å². The molecule has 272 valence electrons. The minimum absolute atomic E-state index is 0.00617. The summed E-state index contributed by atoms with van der Waals surface area (Å²) in [6, 6.07) is 23.2. The van der Waals surface area contributed by atoms with Crippen molar-refractivity contribution in [3.05, 3.63) is 87.0 Å². The van der Waals surface area contributed by atoms with Crippen LogP contribution in [0.25, 0.3) is 0 Å². The molecule has 3 aliphatic carbocycles. The molecule has 50 heavy (non-hydrogen) atoms. The van der Waals surface area contributed by atoms with Gasteiger partial charge in [0.1, 0.15) is 0 Å². The molecule has 0 aromatic heterocycles. The summed E-state index contributed by atoms with van der Waals surface area (Å²) in [6.07, 6.45) is 20.4. The first-order chi connectivity index (χ1) is 24.0. The van der Waals surface area contributed by atoms with E-state index in [0.717, 1.165) is 38.4 Å². The average molecular weight is 814 g/mol. The summed E-state index contributed by atoms with van der Waals surface area (Å²) < 4.78 is 1.14. The number of hydrogen-bond donors (Lipinski definition) is 3. The van der Waals surface area contributed by atoms with Crippen molar-refractivity contribution in [3.8, 4) is 0 Å². The van der Waals surface area contributed by atoms with Gasteiger partial charge in [0.2, 0.25) is 17.1 Å². The second-order valence-corrected chi connectivity index (χ2v) is 15.6. The summed E-state index contributed by atoms with van der Waals surface area (Å²) in [5.41, 5.74) is 12.7. The fourth-order valence-electron chi connectivity index (χ4n) is 7.19. The maximum Gasteiger partial charge on any atom is 0.221 e. The first-order valence-electron chi connectivity index (χ1n) is 18.5. The summed E-state index contributed by atoms with van der Waals surface area (Å²) in [6.45, 7) is 4.38. The third kappa shape index (κ3) is 16.0. The van der Waals surface area contributed by atoms with Crippen LogP contribution < -0.4 is 16.4 Å². The lowest BCUT2D eigenvalue weighted by Crippen LogP contribution is -2.09. The van der Waals surface area contributed by atoms with Crippen LogP contribution in [0.2, 0.25) is 0 Å². The lowest BCUT2D eigenvalue weighted by atomic mass is 9.84. The predicted molar refractivity (Wildman–Crippen MR) is 219 cm³/mol. The summed E-state index contributed by atoms with van der Waals surface area (Å²) in [5.74, 6) is 2.25. The number of nitrogen functional groups attached to an aromatic ring is 1. The van der Waals surface area contributed by atoms with Crippen molar-refractivity contribution >= 4 is 68.3 Å². The van der Waals surface area contributed by atoms with Gasteiger partial charge in [-0.25, -0.2) is 0 Å². The van der Waals surface area contributed by atoms with Gasteiger partial charge in [0.05, 0.1) is 5.69 Å². The lowest BCUT2D eigenvalue weighted by Gasteiger charge is -2.22. The highest BCUT2D eigenvalue weighted by molar-refractivity contribution is 14.1. The Morgan fingerprint density at radius 2 is 0.940 bits per heavy atom. The third-order valence-corrected chi connectivity index (χ3v) is 10.6. The smallest absolute Gasteiger partial charge is 0.221 e. The Bertz CT molecular complexity index is 1460. The van der Waals surface area contributed by atoms with Crippen LogP contribution >= 0.6 is 34.2 Å². The number of halogens is 2. The standard InChI is InChI=1S/C14H18INO.C14H19NO.C12H17N.C2H3ClO/c1-10(17)16-14-8-7-12(9-13(14)15)11-5-3-2-4-6-11;1-11(16)15-14-9-7-13(8-10-14)12-5-3-2-4-6-12;13-12-8-6-11(7-9-12)10-4-2-1-3-5-10;1-2(3)4/h7-9,11H,2-6H2,1H3,(H,16,17);7-10,12H,2-6H2,1H3,(H,15,16);6-10H,1-5,13H2;1H3. The Morgan fingerprint density at radius 1 is 0.580 bits per heavy atom. The van der Waals surface area contributed by atoms with E-state index < -0.39 is 0 Å². The molecule has 0 unspecified atom stereocenters. The molecule has 8 heteroatoms. The fraction of sp³-hybridized carbons (Fsp3) is 0.500. The summed E-state index contributed by atoms with van der Waals surface area (Å²) in [4.78, 5) is 31.1. The molecule has 4 N–H and O–H groups in total. The van der Waals surface area contributed by atoms with Gasteiger partial charge in [-0.3, -0.25) is 14.4 Å². The highest BCUT2D eigenvalue weighted by Crippen LogP contribution is 2.35. The topological polar surface area (TPSA) is 101 Å². The van der Waals surface area contributed by atoms with Gasteiger partial charge in [0.15, 0.2) is 0 Å². The van der Waals surface area contributed by atoms with Crippen LogP contribution in [0, 0.1) is 3.57 Å². The number of carbonyl (C=O) groups excluding carboxylic acids is 3. The van der Waals surface area contributed by atoms with Crippen LogP contribution in [-0.4, -0.2) is 17.1 Å². The first-order valence-corrected chi connectivity index (χ1v) is 19.9. The van der Waals surface area contributed by atoms with Crippen molar-refractivity contribution in [2.45, 2.75) is 135 Å². The van der Waals surface area contributed by atoms with Gasteiger partial charge in [-0.1, -0.05) is 88.1 Å².